The molecule has 4 rings (SSSR count). The van der Waals surface area contributed by atoms with Gasteiger partial charge in [-0.25, -0.2) is 4.39 Å². The number of nitrogens with one attached hydrogen (secondary N) is 3. The van der Waals surface area contributed by atoms with Crippen molar-refractivity contribution in [1.82, 2.24) is 20.5 Å². The number of H-pyrrole nitrogens is 1. The van der Waals surface area contributed by atoms with E-state index in [2.05, 4.69) is 25.8 Å². The van der Waals surface area contributed by atoms with Gasteiger partial charge in [0.2, 0.25) is 5.95 Å². The molecule has 3 aromatic carbocycles. The van der Waals surface area contributed by atoms with Crippen LogP contribution in [-0.4, -0.2) is 26.2 Å². The second-order valence-corrected chi connectivity index (χ2v) is 7.55. The lowest BCUT2D eigenvalue weighted by Crippen LogP contribution is -2.34. The fourth-order valence-corrected chi connectivity index (χ4v) is 3.42. The predicted molar refractivity (Wildman–Crippen MR) is 126 cm³/mol. The summed E-state index contributed by atoms with van der Waals surface area (Å²) in [7, 11) is 0. The van der Waals surface area contributed by atoms with Crippen LogP contribution in [0.2, 0.25) is 0 Å². The first-order valence-electron chi connectivity index (χ1n) is 9.96. The van der Waals surface area contributed by atoms with Gasteiger partial charge in [0.1, 0.15) is 11.6 Å². The van der Waals surface area contributed by atoms with Gasteiger partial charge in [0.25, 0.3) is 5.91 Å². The van der Waals surface area contributed by atoms with Crippen molar-refractivity contribution in [3.63, 3.8) is 0 Å². The molecule has 8 heteroatoms. The van der Waals surface area contributed by atoms with Crippen LogP contribution in [0.3, 0.4) is 0 Å². The summed E-state index contributed by atoms with van der Waals surface area (Å²) >= 11 is 5.17. The number of carbonyl (C=O) groups is 1. The normalized spacial score (nSPS) is 11.6. The predicted octanol–water partition coefficient (Wildman–Crippen LogP) is 4.89. The summed E-state index contributed by atoms with van der Waals surface area (Å²) in [6.45, 7) is 1.90. The number of thiocarbonyl (C=S) groups is 1. The van der Waals surface area contributed by atoms with Crippen molar-refractivity contribution in [1.29, 1.82) is 0 Å². The van der Waals surface area contributed by atoms with E-state index in [0.29, 0.717) is 17.0 Å². The topological polar surface area (TPSA) is 82.7 Å². The summed E-state index contributed by atoms with van der Waals surface area (Å²) in [6, 6.07) is 23.3. The number of halogens is 1. The lowest BCUT2D eigenvalue weighted by Gasteiger charge is -2.11. The van der Waals surface area contributed by atoms with Crippen LogP contribution in [-0.2, 0) is 0 Å². The average Bonchev–Trinajstić information content (AvgIpc) is 3.27. The number of carbonyl (C=O) groups excluding carboxylic acids is 1. The van der Waals surface area contributed by atoms with Crippen LogP contribution in [0.5, 0.6) is 0 Å². The van der Waals surface area contributed by atoms with Gasteiger partial charge >= 0.3 is 0 Å². The van der Waals surface area contributed by atoms with Crippen molar-refractivity contribution in [2.45, 2.75) is 12.8 Å². The Hall–Kier alpha value is -3.91. The smallest absolute Gasteiger partial charge is 0.257 e. The molecule has 0 saturated heterocycles. The van der Waals surface area contributed by atoms with E-state index in [9.17, 15) is 9.18 Å². The van der Waals surface area contributed by atoms with Crippen molar-refractivity contribution >= 4 is 29.2 Å². The summed E-state index contributed by atoms with van der Waals surface area (Å²) in [6.07, 6.45) is 0. The second kappa shape index (κ2) is 9.49. The molecule has 0 aliphatic carbocycles. The quantitative estimate of drug-likeness (QED) is 0.381. The Morgan fingerprint density at radius 1 is 1.03 bits per heavy atom. The third kappa shape index (κ3) is 4.87. The first-order valence-corrected chi connectivity index (χ1v) is 10.4. The molecule has 1 heterocycles. The number of benzene rings is 3. The third-order valence-electron chi connectivity index (χ3n) is 4.98. The van der Waals surface area contributed by atoms with Gasteiger partial charge in [-0.2, -0.15) is 4.98 Å². The highest BCUT2D eigenvalue weighted by atomic mass is 32.1. The van der Waals surface area contributed by atoms with E-state index >= 15 is 0 Å². The Morgan fingerprint density at radius 2 is 1.72 bits per heavy atom. The molecule has 6 nitrogen and oxygen atoms in total. The fourth-order valence-electron chi connectivity index (χ4n) is 3.23. The highest BCUT2D eigenvalue weighted by Gasteiger charge is 2.17. The Balaban J connectivity index is 1.42. The van der Waals surface area contributed by atoms with Crippen molar-refractivity contribution in [3.05, 3.63) is 102 Å². The van der Waals surface area contributed by atoms with Crippen LogP contribution in [0.4, 0.5) is 10.3 Å². The van der Waals surface area contributed by atoms with Crippen LogP contribution in [0.15, 0.2) is 78.9 Å². The molecule has 1 aromatic heterocycles. The molecule has 0 saturated carbocycles. The maximum atomic E-state index is 14.7. The van der Waals surface area contributed by atoms with E-state index in [1.807, 2.05) is 49.4 Å². The Morgan fingerprint density at radius 3 is 2.41 bits per heavy atom. The zero-order chi connectivity index (χ0) is 22.5. The maximum absolute atomic E-state index is 14.7. The van der Waals surface area contributed by atoms with Gasteiger partial charge in [-0.1, -0.05) is 67.6 Å². The zero-order valence-electron chi connectivity index (χ0n) is 17.2. The molecule has 0 radical (unpaired) electrons. The van der Waals surface area contributed by atoms with E-state index in [4.69, 9.17) is 12.2 Å². The van der Waals surface area contributed by atoms with Crippen molar-refractivity contribution < 1.29 is 9.18 Å². The number of rotatable bonds is 5. The van der Waals surface area contributed by atoms with Crippen molar-refractivity contribution in [2.24, 2.45) is 0 Å². The molecule has 0 aliphatic rings. The molecular weight excluding hydrogens is 425 g/mol. The van der Waals surface area contributed by atoms with E-state index in [0.717, 1.165) is 11.1 Å². The molecule has 3 N–H and O–H groups in total. The highest BCUT2D eigenvalue weighted by molar-refractivity contribution is 7.80. The second-order valence-electron chi connectivity index (χ2n) is 7.15. The molecule has 0 fully saturated rings. The first-order chi connectivity index (χ1) is 15.5. The molecule has 160 valence electrons. The standard InChI is InChI=1S/C24H20FN5OS/c1-15(18-12-13-19(20(25)14-18)16-8-4-2-5-9-16)21-26-23(30-29-21)28-24(32)27-22(31)17-10-6-3-7-11-17/h2-15H,1H3,(H3,26,27,28,29,30,31,32). The molecular formula is C24H20FN5OS. The van der Waals surface area contributed by atoms with Gasteiger partial charge in [0.05, 0.1) is 0 Å². The minimum absolute atomic E-state index is 0.0790. The van der Waals surface area contributed by atoms with Crippen LogP contribution in [0, 0.1) is 5.82 Å². The maximum Gasteiger partial charge on any atom is 0.257 e. The van der Waals surface area contributed by atoms with Crippen molar-refractivity contribution in [2.75, 3.05) is 5.32 Å². The molecule has 4 aromatic rings. The molecule has 0 aliphatic heterocycles. The largest absolute Gasteiger partial charge is 0.300 e. The highest BCUT2D eigenvalue weighted by Crippen LogP contribution is 2.28. The van der Waals surface area contributed by atoms with Gasteiger partial charge in [0.15, 0.2) is 5.11 Å². The van der Waals surface area contributed by atoms with Gasteiger partial charge in [-0.05, 0) is 41.5 Å². The molecule has 32 heavy (non-hydrogen) atoms. The number of hydrogen-bond acceptors (Lipinski definition) is 4. The Bertz CT molecular complexity index is 1240. The molecule has 1 atom stereocenters. The summed E-state index contributed by atoms with van der Waals surface area (Å²) in [5.74, 6) is -0.114. The molecule has 1 amide bonds. The van der Waals surface area contributed by atoms with Crippen molar-refractivity contribution in [3.8, 4) is 11.1 Å². The Labute approximate surface area is 189 Å². The molecule has 0 spiro atoms. The number of nitrogens with zero attached hydrogens (tertiary/aromatic N) is 2. The number of anilines is 1. The lowest BCUT2D eigenvalue weighted by molar-refractivity contribution is 0.0977. The summed E-state index contributed by atoms with van der Waals surface area (Å²) in [5, 5.41) is 12.4. The first kappa shape index (κ1) is 21.3. The minimum Gasteiger partial charge on any atom is -0.300 e. The van der Waals surface area contributed by atoms with E-state index in [1.165, 1.54) is 6.07 Å². The van der Waals surface area contributed by atoms with Crippen LogP contribution in [0.25, 0.3) is 11.1 Å². The van der Waals surface area contributed by atoms with Crippen LogP contribution >= 0.6 is 12.2 Å². The monoisotopic (exact) mass is 445 g/mol. The van der Waals surface area contributed by atoms with Gasteiger partial charge < -0.3 is 0 Å². The summed E-state index contributed by atoms with van der Waals surface area (Å²) < 4.78 is 14.7. The molecule has 0 bridgehead atoms. The summed E-state index contributed by atoms with van der Waals surface area (Å²) in [4.78, 5) is 16.6. The van der Waals surface area contributed by atoms with Crippen LogP contribution < -0.4 is 10.6 Å². The average molecular weight is 446 g/mol. The number of hydrogen-bond donors (Lipinski definition) is 3. The molecule has 1 unspecified atom stereocenters. The summed E-state index contributed by atoms with van der Waals surface area (Å²) in [5.41, 5.74) is 2.61. The van der Waals surface area contributed by atoms with E-state index in [1.54, 1.807) is 30.3 Å². The lowest BCUT2D eigenvalue weighted by atomic mass is 9.96. The third-order valence-corrected chi connectivity index (χ3v) is 5.18. The van der Waals surface area contributed by atoms with Gasteiger partial charge in [-0.15, -0.1) is 5.10 Å². The fraction of sp³-hybridized carbons (Fsp3) is 0.0833. The number of amides is 1. The zero-order valence-corrected chi connectivity index (χ0v) is 18.0. The Kier molecular flexibility index (Phi) is 6.32. The van der Waals surface area contributed by atoms with Gasteiger partial charge in [-0.3, -0.25) is 20.5 Å². The minimum atomic E-state index is -0.332. The van der Waals surface area contributed by atoms with E-state index in [-0.39, 0.29) is 28.7 Å². The number of aromatic amines is 1. The number of aromatic nitrogens is 3. The SMILES string of the molecule is CC(c1ccc(-c2ccccc2)c(F)c1)c1nc(NC(=S)NC(=O)c2ccccc2)n[nH]1. The van der Waals surface area contributed by atoms with E-state index < -0.39 is 0 Å². The van der Waals surface area contributed by atoms with Crippen LogP contribution in [0.1, 0.15) is 34.6 Å². The van der Waals surface area contributed by atoms with Gasteiger partial charge in [0, 0.05) is 17.0 Å².